The van der Waals surface area contributed by atoms with Crippen LogP contribution >= 0.6 is 0 Å². The maximum absolute atomic E-state index is 12.2. The van der Waals surface area contributed by atoms with Gasteiger partial charge in [-0.3, -0.25) is 9.78 Å². The van der Waals surface area contributed by atoms with Gasteiger partial charge in [-0.05, 0) is 37.5 Å². The van der Waals surface area contributed by atoms with E-state index in [0.29, 0.717) is 18.5 Å². The molecule has 2 aromatic rings. The Hall–Kier alpha value is -2.69. The fourth-order valence-electron chi connectivity index (χ4n) is 2.70. The van der Waals surface area contributed by atoms with Crippen LogP contribution in [-0.2, 0) is 17.6 Å². The highest BCUT2D eigenvalue weighted by Gasteiger charge is 2.12. The van der Waals surface area contributed by atoms with Crippen LogP contribution < -0.4 is 10.6 Å². The predicted molar refractivity (Wildman–Crippen MR) is 95.8 cm³/mol. The van der Waals surface area contributed by atoms with Crippen LogP contribution in [0, 0.1) is 6.92 Å². The highest BCUT2D eigenvalue weighted by molar-refractivity contribution is 6.18. The summed E-state index contributed by atoms with van der Waals surface area (Å²) in [4.78, 5) is 21.0. The summed E-state index contributed by atoms with van der Waals surface area (Å²) in [6.07, 6.45) is 4.60. The van der Waals surface area contributed by atoms with Crippen molar-refractivity contribution in [2.75, 3.05) is 18.4 Å². The molecule has 124 valence electrons. The molecule has 0 aliphatic carbocycles. The van der Waals surface area contributed by atoms with Gasteiger partial charge in [-0.1, -0.05) is 18.7 Å². The number of anilines is 1. The lowest BCUT2D eigenvalue weighted by Gasteiger charge is -2.17. The first kappa shape index (κ1) is 16.2. The van der Waals surface area contributed by atoms with Crippen LogP contribution in [0.1, 0.15) is 28.9 Å². The molecular formula is C19H22N4O. The Labute approximate surface area is 142 Å². The average Bonchev–Trinajstić information content (AvgIpc) is 2.61. The van der Waals surface area contributed by atoms with E-state index in [0.717, 1.165) is 42.2 Å². The van der Waals surface area contributed by atoms with Crippen molar-refractivity contribution < 1.29 is 4.79 Å². The fourth-order valence-corrected chi connectivity index (χ4v) is 2.70. The molecule has 1 amide bonds. The number of pyridine rings is 2. The van der Waals surface area contributed by atoms with Crippen LogP contribution in [-0.4, -0.2) is 29.0 Å². The Balaban J connectivity index is 1.53. The molecule has 3 rings (SSSR count). The topological polar surface area (TPSA) is 66.9 Å². The number of rotatable bonds is 5. The lowest BCUT2D eigenvalue weighted by atomic mass is 10.1. The molecule has 2 aromatic heterocycles. The Morgan fingerprint density at radius 1 is 1.33 bits per heavy atom. The quantitative estimate of drug-likeness (QED) is 0.830. The first-order chi connectivity index (χ1) is 11.6. The highest BCUT2D eigenvalue weighted by Crippen LogP contribution is 2.19. The van der Waals surface area contributed by atoms with Crippen LogP contribution in [0.15, 0.2) is 37.0 Å². The Morgan fingerprint density at radius 3 is 3.00 bits per heavy atom. The summed E-state index contributed by atoms with van der Waals surface area (Å²) in [6.45, 7) is 7.28. The molecule has 5 nitrogen and oxygen atoms in total. The number of aryl methyl sites for hydroxylation is 2. The maximum atomic E-state index is 12.2. The molecule has 24 heavy (non-hydrogen) atoms. The smallest absolute Gasteiger partial charge is 0.251 e. The van der Waals surface area contributed by atoms with Gasteiger partial charge in [0.1, 0.15) is 5.82 Å². The second-order valence-corrected chi connectivity index (χ2v) is 6.01. The highest BCUT2D eigenvalue weighted by atomic mass is 16.1. The summed E-state index contributed by atoms with van der Waals surface area (Å²) in [6, 6.07) is 7.90. The number of nitrogens with zero attached hydrogens (tertiary/aromatic N) is 2. The van der Waals surface area contributed by atoms with Crippen LogP contribution in [0.5, 0.6) is 0 Å². The number of hydrogen-bond acceptors (Lipinski definition) is 4. The van der Waals surface area contributed by atoms with Crippen molar-refractivity contribution in [2.45, 2.75) is 26.2 Å². The van der Waals surface area contributed by atoms with Gasteiger partial charge in [0.2, 0.25) is 0 Å². The molecule has 3 heterocycles. The summed E-state index contributed by atoms with van der Waals surface area (Å²) >= 11 is 0. The predicted octanol–water partition coefficient (Wildman–Crippen LogP) is 2.52. The van der Waals surface area contributed by atoms with Gasteiger partial charge in [0.15, 0.2) is 0 Å². The minimum absolute atomic E-state index is 0.170. The van der Waals surface area contributed by atoms with Gasteiger partial charge < -0.3 is 10.6 Å². The van der Waals surface area contributed by atoms with Gasteiger partial charge in [0, 0.05) is 48.2 Å². The molecule has 2 N–H and O–H groups in total. The van der Waals surface area contributed by atoms with Crippen LogP contribution in [0.3, 0.4) is 0 Å². The van der Waals surface area contributed by atoms with Gasteiger partial charge in [-0.15, -0.1) is 0 Å². The zero-order chi connectivity index (χ0) is 16.9. The largest absolute Gasteiger partial charge is 0.370 e. The van der Waals surface area contributed by atoms with E-state index in [-0.39, 0.29) is 5.91 Å². The molecule has 1 aliphatic heterocycles. The van der Waals surface area contributed by atoms with Gasteiger partial charge in [-0.2, -0.15) is 0 Å². The molecule has 0 fully saturated rings. The number of aromatic nitrogens is 2. The van der Waals surface area contributed by atoms with Crippen LogP contribution in [0.4, 0.5) is 5.82 Å². The van der Waals surface area contributed by atoms with Gasteiger partial charge in [0.05, 0.1) is 0 Å². The minimum Gasteiger partial charge on any atom is -0.370 e. The Kier molecular flexibility index (Phi) is 4.89. The van der Waals surface area contributed by atoms with E-state index in [1.807, 2.05) is 25.1 Å². The van der Waals surface area contributed by atoms with Crippen molar-refractivity contribution in [3.8, 4) is 0 Å². The van der Waals surface area contributed by atoms with E-state index in [2.05, 4.69) is 33.2 Å². The third-order valence-electron chi connectivity index (χ3n) is 4.15. The van der Waals surface area contributed by atoms with Crippen LogP contribution in [0.2, 0.25) is 0 Å². The lowest BCUT2D eigenvalue weighted by Crippen LogP contribution is -2.26. The van der Waals surface area contributed by atoms with Gasteiger partial charge in [-0.25, -0.2) is 4.98 Å². The summed E-state index contributed by atoms with van der Waals surface area (Å²) in [5, 5.41) is 6.22. The first-order valence-electron chi connectivity index (χ1n) is 8.26. The second kappa shape index (κ2) is 7.25. The standard InChI is InChI=1S/C19H22N4O/c1-13-5-6-16(12-22-13)14(2)19(24)21-11-9-17-8-7-15-4-3-10-20-18(15)23-17/h5-8,12H,2-4,9-11H2,1H3,(H,20,23)(H,21,24). The van der Waals surface area contributed by atoms with Crippen LogP contribution in [0.25, 0.3) is 5.57 Å². The van der Waals surface area contributed by atoms with Crippen molar-refractivity contribution in [3.63, 3.8) is 0 Å². The number of carbonyl (C=O) groups is 1. The first-order valence-corrected chi connectivity index (χ1v) is 8.26. The number of amides is 1. The summed E-state index contributed by atoms with van der Waals surface area (Å²) < 4.78 is 0. The molecule has 5 heteroatoms. The maximum Gasteiger partial charge on any atom is 0.251 e. The van der Waals surface area contributed by atoms with Gasteiger partial charge >= 0.3 is 0 Å². The molecule has 0 saturated carbocycles. The molecule has 1 aliphatic rings. The van der Waals surface area contributed by atoms with E-state index >= 15 is 0 Å². The molecule has 0 saturated heterocycles. The van der Waals surface area contributed by atoms with Crippen molar-refractivity contribution in [2.24, 2.45) is 0 Å². The van der Waals surface area contributed by atoms with Crippen molar-refractivity contribution in [1.29, 1.82) is 0 Å². The van der Waals surface area contributed by atoms with E-state index in [1.54, 1.807) is 6.20 Å². The van der Waals surface area contributed by atoms with E-state index < -0.39 is 0 Å². The van der Waals surface area contributed by atoms with E-state index in [9.17, 15) is 4.79 Å². The summed E-state index contributed by atoms with van der Waals surface area (Å²) in [7, 11) is 0. The molecule has 0 bridgehead atoms. The number of hydrogen-bond donors (Lipinski definition) is 2. The summed E-state index contributed by atoms with van der Waals surface area (Å²) in [5.74, 6) is 0.817. The Morgan fingerprint density at radius 2 is 2.21 bits per heavy atom. The number of fused-ring (bicyclic) bond motifs is 1. The van der Waals surface area contributed by atoms with Crippen molar-refractivity contribution in [3.05, 3.63) is 59.6 Å². The molecular weight excluding hydrogens is 300 g/mol. The number of nitrogens with one attached hydrogen (secondary N) is 2. The molecule has 0 radical (unpaired) electrons. The normalized spacial score (nSPS) is 12.9. The molecule has 0 aromatic carbocycles. The number of carbonyl (C=O) groups excluding carboxylic acids is 1. The average molecular weight is 322 g/mol. The Bertz CT molecular complexity index is 752. The monoisotopic (exact) mass is 322 g/mol. The van der Waals surface area contributed by atoms with E-state index in [1.165, 1.54) is 5.56 Å². The summed E-state index contributed by atoms with van der Waals surface area (Å²) in [5.41, 5.74) is 4.34. The fraction of sp³-hybridized carbons (Fsp3) is 0.316. The lowest BCUT2D eigenvalue weighted by molar-refractivity contribution is -0.115. The van der Waals surface area contributed by atoms with Crippen molar-refractivity contribution >= 4 is 17.3 Å². The van der Waals surface area contributed by atoms with Crippen molar-refractivity contribution in [1.82, 2.24) is 15.3 Å². The zero-order valence-electron chi connectivity index (χ0n) is 13.9. The molecule has 0 atom stereocenters. The third-order valence-corrected chi connectivity index (χ3v) is 4.15. The molecule has 0 unspecified atom stereocenters. The van der Waals surface area contributed by atoms with Gasteiger partial charge in [0.25, 0.3) is 5.91 Å². The second-order valence-electron chi connectivity index (χ2n) is 6.01. The third kappa shape index (κ3) is 3.79. The van der Waals surface area contributed by atoms with E-state index in [4.69, 9.17) is 0 Å². The SMILES string of the molecule is C=C(C(=O)NCCc1ccc2c(n1)NCCC2)c1ccc(C)nc1. The molecule has 0 spiro atoms. The zero-order valence-corrected chi connectivity index (χ0v) is 13.9. The minimum atomic E-state index is -0.170.